The van der Waals surface area contributed by atoms with Gasteiger partial charge in [-0.1, -0.05) is 19.1 Å². The van der Waals surface area contributed by atoms with Crippen molar-refractivity contribution in [3.8, 4) is 0 Å². The molecule has 0 saturated carbocycles. The second kappa shape index (κ2) is 11.0. The molecule has 4 nitrogen and oxygen atoms in total. The molecular weight excluding hydrogens is 456 g/mol. The molecular formula is C18H28F3IN4. The van der Waals surface area contributed by atoms with Crippen molar-refractivity contribution in [3.63, 3.8) is 0 Å². The van der Waals surface area contributed by atoms with E-state index in [0.717, 1.165) is 38.2 Å². The van der Waals surface area contributed by atoms with Gasteiger partial charge < -0.3 is 10.6 Å². The van der Waals surface area contributed by atoms with Gasteiger partial charge in [0.2, 0.25) is 0 Å². The molecule has 1 aromatic carbocycles. The monoisotopic (exact) mass is 484 g/mol. The molecule has 26 heavy (non-hydrogen) atoms. The smallest absolute Gasteiger partial charge is 0.357 e. The predicted octanol–water partition coefficient (Wildman–Crippen LogP) is 3.86. The third-order valence-corrected chi connectivity index (χ3v) is 4.43. The topological polar surface area (TPSA) is 39.7 Å². The molecule has 2 N–H and O–H groups in total. The third-order valence-electron chi connectivity index (χ3n) is 4.43. The van der Waals surface area contributed by atoms with E-state index in [1.54, 1.807) is 6.07 Å². The fraction of sp³-hybridized carbons (Fsp3) is 0.611. The Hall–Kier alpha value is -1.03. The molecule has 2 rings (SSSR count). The van der Waals surface area contributed by atoms with Crippen LogP contribution in [0.25, 0.3) is 0 Å². The average Bonchev–Trinajstić information content (AvgIpc) is 3.04. The molecule has 1 aliphatic heterocycles. The van der Waals surface area contributed by atoms with Gasteiger partial charge in [0.15, 0.2) is 5.96 Å². The Morgan fingerprint density at radius 3 is 2.69 bits per heavy atom. The third kappa shape index (κ3) is 6.94. The van der Waals surface area contributed by atoms with E-state index < -0.39 is 11.7 Å². The van der Waals surface area contributed by atoms with E-state index in [1.807, 2.05) is 6.92 Å². The quantitative estimate of drug-likeness (QED) is 0.366. The fourth-order valence-electron chi connectivity index (χ4n) is 3.12. The number of rotatable bonds is 6. The van der Waals surface area contributed by atoms with Crippen LogP contribution in [0.5, 0.6) is 0 Å². The summed E-state index contributed by atoms with van der Waals surface area (Å²) in [4.78, 5) is 6.86. The molecule has 148 valence electrons. The van der Waals surface area contributed by atoms with Crippen LogP contribution in [0, 0.1) is 0 Å². The number of likely N-dealkylation sites (tertiary alicyclic amines) is 1. The zero-order chi connectivity index (χ0) is 18.3. The van der Waals surface area contributed by atoms with Crippen molar-refractivity contribution in [3.05, 3.63) is 35.4 Å². The van der Waals surface area contributed by atoms with E-state index in [1.165, 1.54) is 12.5 Å². The normalized spacial score (nSPS) is 18.5. The summed E-state index contributed by atoms with van der Waals surface area (Å²) < 4.78 is 38.4. The van der Waals surface area contributed by atoms with Crippen LogP contribution >= 0.6 is 24.0 Å². The number of hydrogen-bond acceptors (Lipinski definition) is 2. The first kappa shape index (κ1) is 23.0. The second-order valence-corrected chi connectivity index (χ2v) is 6.20. The van der Waals surface area contributed by atoms with E-state index in [2.05, 4.69) is 27.4 Å². The van der Waals surface area contributed by atoms with Crippen LogP contribution in [0.2, 0.25) is 0 Å². The summed E-state index contributed by atoms with van der Waals surface area (Å²) in [6.45, 7) is 7.99. The molecule has 0 spiro atoms. The van der Waals surface area contributed by atoms with Crippen LogP contribution < -0.4 is 10.6 Å². The molecule has 0 aromatic heterocycles. The van der Waals surface area contributed by atoms with E-state index in [0.29, 0.717) is 24.1 Å². The minimum Gasteiger partial charge on any atom is -0.357 e. The Kier molecular flexibility index (Phi) is 9.70. The summed E-state index contributed by atoms with van der Waals surface area (Å²) in [6.07, 6.45) is -1.96. The molecule has 0 amide bonds. The highest BCUT2D eigenvalue weighted by Crippen LogP contribution is 2.29. The maximum atomic E-state index is 12.8. The maximum absolute atomic E-state index is 12.8. The first-order valence-electron chi connectivity index (χ1n) is 8.86. The van der Waals surface area contributed by atoms with Gasteiger partial charge in [-0.25, -0.2) is 4.99 Å². The Balaban J connectivity index is 0.00000338. The van der Waals surface area contributed by atoms with Gasteiger partial charge in [-0.2, -0.15) is 13.2 Å². The van der Waals surface area contributed by atoms with E-state index in [9.17, 15) is 13.2 Å². The lowest BCUT2D eigenvalue weighted by atomic mass is 10.1. The highest BCUT2D eigenvalue weighted by molar-refractivity contribution is 14.0. The number of aliphatic imine (C=N–C) groups is 1. The Bertz CT molecular complexity index is 578. The molecule has 0 bridgehead atoms. The minimum atomic E-state index is -4.32. The lowest BCUT2D eigenvalue weighted by molar-refractivity contribution is -0.137. The fourth-order valence-corrected chi connectivity index (χ4v) is 3.12. The summed E-state index contributed by atoms with van der Waals surface area (Å²) in [6, 6.07) is 5.81. The van der Waals surface area contributed by atoms with Gasteiger partial charge in [0.05, 0.1) is 12.1 Å². The van der Waals surface area contributed by atoms with Crippen molar-refractivity contribution in [2.24, 2.45) is 4.99 Å². The standard InChI is InChI=1S/C18H27F3N4.HI/c1-3-22-17(24-13-16-9-6-10-25(16)4-2)23-12-14-7-5-8-15(11-14)18(19,20)21;/h5,7-8,11,16H,3-4,6,9-10,12-13H2,1-2H3,(H2,22,23,24);1H. The number of likely N-dealkylation sites (N-methyl/N-ethyl adjacent to an activating group) is 1. The maximum Gasteiger partial charge on any atom is 0.416 e. The largest absolute Gasteiger partial charge is 0.416 e. The summed E-state index contributed by atoms with van der Waals surface area (Å²) in [5.74, 6) is 0.642. The molecule has 1 aliphatic rings. The number of guanidine groups is 1. The molecule has 1 unspecified atom stereocenters. The summed E-state index contributed by atoms with van der Waals surface area (Å²) in [5.41, 5.74) is -0.0919. The van der Waals surface area contributed by atoms with Gasteiger partial charge in [0.25, 0.3) is 0 Å². The van der Waals surface area contributed by atoms with Gasteiger partial charge >= 0.3 is 6.18 Å². The molecule has 8 heteroatoms. The summed E-state index contributed by atoms with van der Waals surface area (Å²) in [7, 11) is 0. The summed E-state index contributed by atoms with van der Waals surface area (Å²) in [5, 5.41) is 6.47. The second-order valence-electron chi connectivity index (χ2n) is 6.20. The average molecular weight is 484 g/mol. The van der Waals surface area contributed by atoms with Crippen LogP contribution in [-0.4, -0.2) is 43.1 Å². The molecule has 1 fully saturated rings. The van der Waals surface area contributed by atoms with Crippen LogP contribution in [0.3, 0.4) is 0 Å². The molecule has 1 saturated heterocycles. The number of halogens is 4. The number of nitrogens with one attached hydrogen (secondary N) is 2. The molecule has 1 heterocycles. The van der Waals surface area contributed by atoms with E-state index in [-0.39, 0.29) is 30.5 Å². The SMILES string of the molecule is CCNC(=NCc1cccc(C(F)(F)F)c1)NCC1CCCN1CC.I. The van der Waals surface area contributed by atoms with E-state index in [4.69, 9.17) is 0 Å². The Labute approximate surface area is 170 Å². The van der Waals surface area contributed by atoms with Crippen LogP contribution in [-0.2, 0) is 12.7 Å². The number of alkyl halides is 3. The van der Waals surface area contributed by atoms with Gasteiger partial charge in [-0.15, -0.1) is 24.0 Å². The van der Waals surface area contributed by atoms with Crippen molar-refractivity contribution < 1.29 is 13.2 Å². The molecule has 0 aliphatic carbocycles. The zero-order valence-corrected chi connectivity index (χ0v) is 17.6. The van der Waals surface area contributed by atoms with Gasteiger partial charge in [0.1, 0.15) is 0 Å². The molecule has 0 radical (unpaired) electrons. The number of benzene rings is 1. The van der Waals surface area contributed by atoms with Crippen molar-refractivity contribution in [2.75, 3.05) is 26.2 Å². The highest BCUT2D eigenvalue weighted by Gasteiger charge is 2.30. The first-order chi connectivity index (χ1) is 11.9. The lowest BCUT2D eigenvalue weighted by Gasteiger charge is -2.24. The molecule has 1 aromatic rings. The number of nitrogens with zero attached hydrogens (tertiary/aromatic N) is 2. The minimum absolute atomic E-state index is 0. The van der Waals surface area contributed by atoms with Crippen LogP contribution in [0.15, 0.2) is 29.3 Å². The van der Waals surface area contributed by atoms with E-state index >= 15 is 0 Å². The van der Waals surface area contributed by atoms with Crippen LogP contribution in [0.1, 0.15) is 37.8 Å². The van der Waals surface area contributed by atoms with Gasteiger partial charge in [-0.3, -0.25) is 4.90 Å². The van der Waals surface area contributed by atoms with Gasteiger partial charge in [-0.05, 0) is 50.6 Å². The van der Waals surface area contributed by atoms with Crippen molar-refractivity contribution >= 4 is 29.9 Å². The Morgan fingerprint density at radius 1 is 1.27 bits per heavy atom. The predicted molar refractivity (Wildman–Crippen MR) is 110 cm³/mol. The molecule has 1 atom stereocenters. The van der Waals surface area contributed by atoms with Crippen molar-refractivity contribution in [1.29, 1.82) is 0 Å². The summed E-state index contributed by atoms with van der Waals surface area (Å²) >= 11 is 0. The Morgan fingerprint density at radius 2 is 2.04 bits per heavy atom. The van der Waals surface area contributed by atoms with Crippen molar-refractivity contribution in [1.82, 2.24) is 15.5 Å². The van der Waals surface area contributed by atoms with Gasteiger partial charge in [0, 0.05) is 19.1 Å². The zero-order valence-electron chi connectivity index (χ0n) is 15.3. The van der Waals surface area contributed by atoms with Crippen LogP contribution in [0.4, 0.5) is 13.2 Å². The first-order valence-corrected chi connectivity index (χ1v) is 8.86. The lowest BCUT2D eigenvalue weighted by Crippen LogP contribution is -2.44. The highest BCUT2D eigenvalue weighted by atomic mass is 127. The number of hydrogen-bond donors (Lipinski definition) is 2. The van der Waals surface area contributed by atoms with Crippen molar-refractivity contribution in [2.45, 2.75) is 45.5 Å².